The number of unbranched alkanes of at least 4 members (excludes halogenated alkanes) is 10. The summed E-state index contributed by atoms with van der Waals surface area (Å²) < 4.78 is 6.36. The number of fused-ring (bicyclic) bond motifs is 5. The van der Waals surface area contributed by atoms with Gasteiger partial charge in [0.05, 0.1) is 17.6 Å². The third-order valence-corrected chi connectivity index (χ3v) is 11.8. The Balaban J connectivity index is 1.41. The molecule has 232 valence electrons. The first-order valence-corrected chi connectivity index (χ1v) is 16.5. The van der Waals surface area contributed by atoms with E-state index in [2.05, 4.69) is 20.8 Å². The predicted molar refractivity (Wildman–Crippen MR) is 161 cm³/mol. The van der Waals surface area contributed by atoms with E-state index >= 15 is 0 Å². The molecule has 2 fully saturated rings. The lowest BCUT2D eigenvalue weighted by Crippen LogP contribution is -2.67. The van der Waals surface area contributed by atoms with Crippen LogP contribution in [0.1, 0.15) is 131 Å². The average molecular weight is 573 g/mol. The molecule has 0 heterocycles. The van der Waals surface area contributed by atoms with Gasteiger partial charge in [-0.1, -0.05) is 111 Å². The van der Waals surface area contributed by atoms with Crippen molar-refractivity contribution in [3.8, 4) is 0 Å². The Kier molecular flexibility index (Phi) is 9.39. The number of esters is 1. The van der Waals surface area contributed by atoms with Gasteiger partial charge in [-0.2, -0.15) is 0 Å². The lowest BCUT2D eigenvalue weighted by molar-refractivity contribution is -0.217. The second kappa shape index (κ2) is 11.9. The highest BCUT2D eigenvalue weighted by atomic mass is 16.6. The summed E-state index contributed by atoms with van der Waals surface area (Å²) in [5, 5.41) is 34.8. The maximum atomic E-state index is 13.3. The van der Waals surface area contributed by atoms with Crippen LogP contribution in [-0.4, -0.2) is 50.5 Å². The number of aliphatic hydroxyl groups is 3. The Hall–Kier alpha value is -1.50. The van der Waals surface area contributed by atoms with Crippen molar-refractivity contribution >= 4 is 11.8 Å². The number of carbonyl (C=O) groups excluding carboxylic acids is 2. The van der Waals surface area contributed by atoms with Crippen molar-refractivity contribution in [2.75, 3.05) is 6.61 Å². The topological polar surface area (TPSA) is 104 Å². The molecule has 0 amide bonds. The monoisotopic (exact) mass is 572 g/mol. The Morgan fingerprint density at radius 3 is 2.10 bits per heavy atom. The first kappa shape index (κ1) is 32.4. The Morgan fingerprint density at radius 1 is 0.976 bits per heavy atom. The molecule has 0 bridgehead atoms. The number of rotatable bonds is 14. The Morgan fingerprint density at radius 2 is 1.54 bits per heavy atom. The second-order valence-corrected chi connectivity index (χ2v) is 14.7. The van der Waals surface area contributed by atoms with Crippen LogP contribution >= 0.6 is 0 Å². The van der Waals surface area contributed by atoms with Crippen molar-refractivity contribution in [2.45, 2.75) is 148 Å². The summed E-state index contributed by atoms with van der Waals surface area (Å²) in [6.45, 7) is 11.6. The highest BCUT2D eigenvalue weighted by Crippen LogP contribution is 2.78. The Labute approximate surface area is 248 Å². The van der Waals surface area contributed by atoms with E-state index in [0.29, 0.717) is 24.0 Å². The van der Waals surface area contributed by atoms with Gasteiger partial charge >= 0.3 is 5.97 Å². The lowest BCUT2D eigenvalue weighted by atomic mass is 9.52. The quantitative estimate of drug-likeness (QED) is 0.123. The summed E-state index contributed by atoms with van der Waals surface area (Å²) in [5.41, 5.74) is -4.61. The third kappa shape index (κ3) is 5.08. The van der Waals surface area contributed by atoms with Crippen molar-refractivity contribution in [1.29, 1.82) is 0 Å². The molecule has 7 atom stereocenters. The molecule has 0 radical (unpaired) electrons. The van der Waals surface area contributed by atoms with Crippen molar-refractivity contribution in [3.63, 3.8) is 0 Å². The minimum Gasteiger partial charge on any atom is -0.458 e. The van der Waals surface area contributed by atoms with Crippen LogP contribution < -0.4 is 0 Å². The van der Waals surface area contributed by atoms with Crippen LogP contribution in [-0.2, 0) is 14.3 Å². The molecule has 3 N–H and O–H groups in total. The van der Waals surface area contributed by atoms with E-state index in [4.69, 9.17) is 4.74 Å². The van der Waals surface area contributed by atoms with Gasteiger partial charge in [-0.3, -0.25) is 9.59 Å². The normalized spacial score (nSPS) is 38.8. The van der Waals surface area contributed by atoms with Crippen molar-refractivity contribution < 1.29 is 29.6 Å². The van der Waals surface area contributed by atoms with E-state index in [-0.39, 0.29) is 42.0 Å². The van der Waals surface area contributed by atoms with E-state index in [0.717, 1.165) is 19.3 Å². The molecule has 2 saturated carbocycles. The van der Waals surface area contributed by atoms with Crippen molar-refractivity contribution in [2.24, 2.45) is 28.6 Å². The summed E-state index contributed by atoms with van der Waals surface area (Å²) in [6.07, 6.45) is 18.0. The maximum Gasteiger partial charge on any atom is 0.306 e. The predicted octanol–water partition coefficient (Wildman–Crippen LogP) is 6.60. The first-order valence-electron chi connectivity index (χ1n) is 16.5. The standard InChI is InChI=1S/C35H56O6/c1-7-8-9-10-11-12-13-14-15-16-17-18-28(37)41-34-21-25(3)35(40)27(29(34)31(34,4)5)19-26(23-36)22-33(39)30(38)24(2)20-32(33,35)6/h19-20,25,27,29,36,39-40H,7-18,21-23H2,1-6H3/t25-,27+,29-,32-,33+,34+,35-/m1/s1. The molecule has 0 spiro atoms. The van der Waals surface area contributed by atoms with E-state index in [1.807, 2.05) is 13.0 Å². The van der Waals surface area contributed by atoms with E-state index < -0.39 is 28.1 Å². The summed E-state index contributed by atoms with van der Waals surface area (Å²) >= 11 is 0. The van der Waals surface area contributed by atoms with Crippen LogP contribution in [0.4, 0.5) is 0 Å². The summed E-state index contributed by atoms with van der Waals surface area (Å²) in [6, 6.07) is 0. The maximum absolute atomic E-state index is 13.3. The Bertz CT molecular complexity index is 1060. The molecular formula is C35H56O6. The minimum absolute atomic E-state index is 0.0169. The number of hydrogen-bond acceptors (Lipinski definition) is 6. The zero-order chi connectivity index (χ0) is 30.3. The van der Waals surface area contributed by atoms with Gasteiger partial charge in [0.2, 0.25) is 0 Å². The van der Waals surface area contributed by atoms with Gasteiger partial charge < -0.3 is 20.1 Å². The number of aliphatic hydroxyl groups excluding tert-OH is 1. The average Bonchev–Trinajstić information content (AvgIpc) is 3.34. The van der Waals surface area contributed by atoms with Crippen LogP contribution in [0.5, 0.6) is 0 Å². The second-order valence-electron chi connectivity index (χ2n) is 14.7. The molecular weight excluding hydrogens is 516 g/mol. The van der Waals surface area contributed by atoms with E-state index in [1.165, 1.54) is 51.4 Å². The van der Waals surface area contributed by atoms with Crippen LogP contribution in [0.15, 0.2) is 23.3 Å². The van der Waals surface area contributed by atoms with Crippen LogP contribution in [0.25, 0.3) is 0 Å². The summed E-state index contributed by atoms with van der Waals surface area (Å²) in [5.74, 6) is -1.58. The molecule has 0 aromatic heterocycles. The molecule has 4 rings (SSSR count). The van der Waals surface area contributed by atoms with E-state index in [1.54, 1.807) is 19.9 Å². The van der Waals surface area contributed by atoms with Crippen molar-refractivity contribution in [3.05, 3.63) is 23.3 Å². The van der Waals surface area contributed by atoms with E-state index in [9.17, 15) is 24.9 Å². The molecule has 6 heteroatoms. The summed E-state index contributed by atoms with van der Waals surface area (Å²) in [4.78, 5) is 26.4. The highest BCUT2D eigenvalue weighted by molar-refractivity contribution is 6.05. The first-order chi connectivity index (χ1) is 19.3. The molecule has 6 nitrogen and oxygen atoms in total. The van der Waals surface area contributed by atoms with Gasteiger partial charge in [-0.05, 0) is 36.8 Å². The van der Waals surface area contributed by atoms with Crippen LogP contribution in [0, 0.1) is 28.6 Å². The highest BCUT2D eigenvalue weighted by Gasteiger charge is 2.84. The summed E-state index contributed by atoms with van der Waals surface area (Å²) in [7, 11) is 0. The fourth-order valence-corrected chi connectivity index (χ4v) is 9.32. The zero-order valence-corrected chi connectivity index (χ0v) is 26.6. The number of Topliss-reactive ketones (excluding diaryl/α,β-unsaturated/α-hetero) is 1. The zero-order valence-electron chi connectivity index (χ0n) is 26.6. The van der Waals surface area contributed by atoms with Gasteiger partial charge in [0.25, 0.3) is 0 Å². The number of carbonyl (C=O) groups is 2. The number of hydrogen-bond donors (Lipinski definition) is 3. The fraction of sp³-hybridized carbons (Fsp3) is 0.829. The molecule has 0 unspecified atom stereocenters. The molecule has 4 aliphatic carbocycles. The minimum atomic E-state index is -1.83. The number of ketones is 1. The van der Waals surface area contributed by atoms with Crippen molar-refractivity contribution in [1.82, 2.24) is 0 Å². The SMILES string of the molecule is CCCCCCCCCCCCCC(=O)O[C@@]12C[C@@H](C)[C@@]3(O)[C@@H](C=C(CO)C[C@]4(O)C(=O)C(C)=C[C@@]34C)[C@@H]1C2(C)C. The van der Waals surface area contributed by atoms with Crippen LogP contribution in [0.2, 0.25) is 0 Å². The smallest absolute Gasteiger partial charge is 0.306 e. The van der Waals surface area contributed by atoms with Gasteiger partial charge in [-0.25, -0.2) is 0 Å². The van der Waals surface area contributed by atoms with Gasteiger partial charge in [-0.15, -0.1) is 0 Å². The van der Waals surface area contributed by atoms with Gasteiger partial charge in [0.15, 0.2) is 5.78 Å². The molecule has 0 aliphatic heterocycles. The largest absolute Gasteiger partial charge is 0.458 e. The van der Waals surface area contributed by atoms with Crippen LogP contribution in [0.3, 0.4) is 0 Å². The fourth-order valence-electron chi connectivity index (χ4n) is 9.32. The number of ether oxygens (including phenoxy) is 1. The molecule has 4 aliphatic rings. The molecule has 0 aromatic carbocycles. The molecule has 0 aromatic rings. The lowest BCUT2D eigenvalue weighted by Gasteiger charge is -2.56. The van der Waals surface area contributed by atoms with Gasteiger partial charge in [0, 0.05) is 30.1 Å². The molecule has 41 heavy (non-hydrogen) atoms. The third-order valence-electron chi connectivity index (χ3n) is 11.8. The van der Waals surface area contributed by atoms with Gasteiger partial charge in [0.1, 0.15) is 11.2 Å². The molecule has 0 saturated heterocycles.